The number of thioether (sulfide) groups is 2. The van der Waals surface area contributed by atoms with Gasteiger partial charge in [0.1, 0.15) is 9.93 Å². The van der Waals surface area contributed by atoms with E-state index in [-0.39, 0.29) is 5.91 Å². The van der Waals surface area contributed by atoms with Gasteiger partial charge in [0.05, 0.1) is 17.1 Å². The van der Waals surface area contributed by atoms with E-state index in [4.69, 9.17) is 16.6 Å². The minimum atomic E-state index is -0.0682. The van der Waals surface area contributed by atoms with Crippen LogP contribution in [0.1, 0.15) is 12.5 Å². The first kappa shape index (κ1) is 22.6. The van der Waals surface area contributed by atoms with Crippen molar-refractivity contribution in [3.63, 3.8) is 0 Å². The second-order valence-corrected chi connectivity index (χ2v) is 10.9. The first-order chi connectivity index (χ1) is 15.9. The number of carbonyl (C=O) groups excluding carboxylic acids is 1. The molecular formula is C25H19BrClN3OS2. The van der Waals surface area contributed by atoms with Gasteiger partial charge < -0.3 is 4.90 Å². The summed E-state index contributed by atoms with van der Waals surface area (Å²) in [5.74, 6) is -0.0682. The lowest BCUT2D eigenvalue weighted by atomic mass is 10.2. The van der Waals surface area contributed by atoms with E-state index >= 15 is 0 Å². The van der Waals surface area contributed by atoms with Gasteiger partial charge in [0.15, 0.2) is 5.17 Å². The Kier molecular flexibility index (Phi) is 6.31. The minimum absolute atomic E-state index is 0.0682. The molecule has 0 bridgehead atoms. The highest BCUT2D eigenvalue weighted by Gasteiger charge is 2.40. The summed E-state index contributed by atoms with van der Waals surface area (Å²) in [6, 6.07) is 21.6. The third-order valence-electron chi connectivity index (χ3n) is 5.27. The molecule has 166 valence electrons. The first-order valence-corrected chi connectivity index (χ1v) is 13.2. The second kappa shape index (κ2) is 9.22. The van der Waals surface area contributed by atoms with E-state index in [2.05, 4.69) is 27.8 Å². The van der Waals surface area contributed by atoms with E-state index in [1.807, 2.05) is 73.7 Å². The van der Waals surface area contributed by atoms with E-state index < -0.39 is 0 Å². The molecule has 0 saturated carbocycles. The van der Waals surface area contributed by atoms with Crippen LogP contribution in [0, 0.1) is 6.92 Å². The summed E-state index contributed by atoms with van der Waals surface area (Å²) in [4.78, 5) is 24.3. The van der Waals surface area contributed by atoms with Crippen molar-refractivity contribution in [3.8, 4) is 0 Å². The molecule has 4 nitrogen and oxygen atoms in total. The predicted octanol–water partition coefficient (Wildman–Crippen LogP) is 7.98. The molecule has 0 N–H and O–H groups in total. The lowest BCUT2D eigenvalue weighted by Crippen LogP contribution is -2.29. The molecule has 1 fully saturated rings. The van der Waals surface area contributed by atoms with E-state index in [9.17, 15) is 4.79 Å². The number of amides is 1. The molecule has 0 spiro atoms. The van der Waals surface area contributed by atoms with Crippen LogP contribution in [-0.2, 0) is 4.79 Å². The molecule has 1 amide bonds. The molecule has 0 aromatic heterocycles. The van der Waals surface area contributed by atoms with Crippen molar-refractivity contribution in [2.24, 2.45) is 4.99 Å². The van der Waals surface area contributed by atoms with Gasteiger partial charge in [0.2, 0.25) is 0 Å². The Balaban J connectivity index is 1.63. The SMILES string of the molecule is CCN1C(=C2SC(=Nc3ccc(Br)cc3)N(c3cccc(C)c3)C2=O)Sc2ccc(Cl)cc21. The van der Waals surface area contributed by atoms with Gasteiger partial charge >= 0.3 is 0 Å². The van der Waals surface area contributed by atoms with Gasteiger partial charge in [0.25, 0.3) is 5.91 Å². The van der Waals surface area contributed by atoms with E-state index in [0.717, 1.165) is 43.6 Å². The number of hydrogen-bond donors (Lipinski definition) is 0. The Morgan fingerprint density at radius 3 is 2.55 bits per heavy atom. The molecule has 3 aromatic rings. The van der Waals surface area contributed by atoms with Crippen molar-refractivity contribution in [1.82, 2.24) is 0 Å². The number of halogens is 2. The van der Waals surface area contributed by atoms with Gasteiger partial charge in [-0.1, -0.05) is 51.4 Å². The van der Waals surface area contributed by atoms with Gasteiger partial charge in [-0.3, -0.25) is 9.69 Å². The monoisotopic (exact) mass is 555 g/mol. The lowest BCUT2D eigenvalue weighted by Gasteiger charge is -2.19. The zero-order valence-corrected chi connectivity index (χ0v) is 21.9. The normalized spacial score (nSPS) is 19.0. The number of rotatable bonds is 3. The van der Waals surface area contributed by atoms with Crippen molar-refractivity contribution >= 4 is 79.2 Å². The number of anilines is 2. The summed E-state index contributed by atoms with van der Waals surface area (Å²) in [5.41, 5.74) is 3.72. The Morgan fingerprint density at radius 1 is 1.03 bits per heavy atom. The fourth-order valence-electron chi connectivity index (χ4n) is 3.74. The van der Waals surface area contributed by atoms with Gasteiger partial charge in [0, 0.05) is 20.9 Å². The molecule has 5 rings (SSSR count). The van der Waals surface area contributed by atoms with Crippen LogP contribution in [-0.4, -0.2) is 17.6 Å². The summed E-state index contributed by atoms with van der Waals surface area (Å²) in [6.07, 6.45) is 0. The molecule has 0 radical (unpaired) electrons. The molecule has 0 aliphatic carbocycles. The first-order valence-electron chi connectivity index (χ1n) is 10.4. The number of amidine groups is 1. The summed E-state index contributed by atoms with van der Waals surface area (Å²) < 4.78 is 0.984. The summed E-state index contributed by atoms with van der Waals surface area (Å²) in [7, 11) is 0. The van der Waals surface area contributed by atoms with Crippen molar-refractivity contribution in [2.75, 3.05) is 16.3 Å². The highest BCUT2D eigenvalue weighted by molar-refractivity contribution is 9.10. The quantitative estimate of drug-likeness (QED) is 0.306. The molecule has 0 unspecified atom stereocenters. The average Bonchev–Trinajstić information content (AvgIpc) is 3.31. The van der Waals surface area contributed by atoms with Crippen molar-refractivity contribution in [2.45, 2.75) is 18.7 Å². The number of fused-ring (bicyclic) bond motifs is 1. The summed E-state index contributed by atoms with van der Waals surface area (Å²) in [5, 5.41) is 2.24. The van der Waals surface area contributed by atoms with Crippen LogP contribution in [0.4, 0.5) is 17.1 Å². The fraction of sp³-hybridized carbons (Fsp3) is 0.120. The molecule has 8 heteroatoms. The van der Waals surface area contributed by atoms with Crippen LogP contribution in [0.25, 0.3) is 0 Å². The molecule has 0 atom stereocenters. The summed E-state index contributed by atoms with van der Waals surface area (Å²) >= 11 is 12.8. The third-order valence-corrected chi connectivity index (χ3v) is 8.37. The maximum absolute atomic E-state index is 13.8. The standard InChI is InChI=1S/C25H19BrClN3OS2/c1-3-29-20-14-17(27)9-12-21(20)32-24(29)22-23(31)30(19-6-4-5-15(2)13-19)25(33-22)28-18-10-7-16(26)8-11-18/h4-14H,3H2,1-2H3. The van der Waals surface area contributed by atoms with E-state index in [0.29, 0.717) is 15.1 Å². The molecule has 2 aliphatic heterocycles. The number of carbonyl (C=O) groups is 1. The van der Waals surface area contributed by atoms with Crippen molar-refractivity contribution in [3.05, 3.63) is 91.7 Å². The number of aliphatic imine (C=N–C) groups is 1. The molecule has 2 aliphatic rings. The van der Waals surface area contributed by atoms with Crippen LogP contribution in [0.5, 0.6) is 0 Å². The van der Waals surface area contributed by atoms with Crippen LogP contribution in [0.15, 0.2) is 91.0 Å². The highest BCUT2D eigenvalue weighted by Crippen LogP contribution is 2.51. The number of hydrogen-bond acceptors (Lipinski definition) is 5. The molecular weight excluding hydrogens is 538 g/mol. The van der Waals surface area contributed by atoms with E-state index in [1.54, 1.807) is 16.7 Å². The molecule has 3 aromatic carbocycles. The van der Waals surface area contributed by atoms with Crippen LogP contribution in [0.3, 0.4) is 0 Å². The average molecular weight is 557 g/mol. The van der Waals surface area contributed by atoms with Crippen LogP contribution in [0.2, 0.25) is 5.02 Å². The van der Waals surface area contributed by atoms with Gasteiger partial charge in [-0.15, -0.1) is 0 Å². The predicted molar refractivity (Wildman–Crippen MR) is 145 cm³/mol. The van der Waals surface area contributed by atoms with Crippen LogP contribution < -0.4 is 9.80 Å². The highest BCUT2D eigenvalue weighted by atomic mass is 79.9. The minimum Gasteiger partial charge on any atom is -0.334 e. The summed E-state index contributed by atoms with van der Waals surface area (Å²) in [6.45, 7) is 4.83. The lowest BCUT2D eigenvalue weighted by molar-refractivity contribution is -0.113. The molecule has 33 heavy (non-hydrogen) atoms. The van der Waals surface area contributed by atoms with Crippen molar-refractivity contribution < 1.29 is 4.79 Å². The van der Waals surface area contributed by atoms with Gasteiger partial charge in [-0.2, -0.15) is 0 Å². The fourth-order valence-corrected chi connectivity index (χ4v) is 6.54. The second-order valence-electron chi connectivity index (χ2n) is 7.55. The van der Waals surface area contributed by atoms with E-state index in [1.165, 1.54) is 11.8 Å². The number of benzene rings is 3. The molecule has 2 heterocycles. The Bertz CT molecular complexity index is 1320. The largest absolute Gasteiger partial charge is 0.334 e. The third kappa shape index (κ3) is 4.35. The van der Waals surface area contributed by atoms with Gasteiger partial charge in [-0.25, -0.2) is 4.99 Å². The Hall–Kier alpha value is -2.19. The van der Waals surface area contributed by atoms with Crippen LogP contribution >= 0.6 is 51.1 Å². The Labute approximate surface area is 214 Å². The van der Waals surface area contributed by atoms with Gasteiger partial charge in [-0.05, 0) is 85.8 Å². The maximum atomic E-state index is 13.8. The zero-order chi connectivity index (χ0) is 23.1. The maximum Gasteiger partial charge on any atom is 0.274 e. The molecule has 1 saturated heterocycles. The topological polar surface area (TPSA) is 35.9 Å². The Morgan fingerprint density at radius 2 is 1.82 bits per heavy atom. The number of aryl methyl sites for hydroxylation is 1. The number of nitrogens with zero attached hydrogens (tertiary/aromatic N) is 3. The zero-order valence-electron chi connectivity index (χ0n) is 17.9. The van der Waals surface area contributed by atoms with Crippen molar-refractivity contribution in [1.29, 1.82) is 0 Å². The smallest absolute Gasteiger partial charge is 0.274 e.